The Hall–Kier alpha value is -0.520. The van der Waals surface area contributed by atoms with Gasteiger partial charge in [0.05, 0.1) is 27.2 Å². The van der Waals surface area contributed by atoms with Gasteiger partial charge < -0.3 is 9.40 Å². The van der Waals surface area contributed by atoms with Gasteiger partial charge in [0.25, 0.3) is 5.91 Å². The Morgan fingerprint density at radius 2 is 2.35 bits per heavy atom. The predicted octanol–water partition coefficient (Wildman–Crippen LogP) is 0.921. The maximum absolute atomic E-state index is 11.5. The first-order valence-corrected chi connectivity index (χ1v) is 8.52. The van der Waals surface area contributed by atoms with Crippen LogP contribution in [0.15, 0.2) is 0 Å². The molecule has 0 aromatic carbocycles. The van der Waals surface area contributed by atoms with Crippen LogP contribution in [0, 0.1) is 0 Å². The van der Waals surface area contributed by atoms with Gasteiger partial charge in [0.1, 0.15) is 0 Å². The summed E-state index contributed by atoms with van der Waals surface area (Å²) >= 11 is 1.63. The molecule has 0 aliphatic carbocycles. The van der Waals surface area contributed by atoms with E-state index in [2.05, 4.69) is 4.84 Å². The average Bonchev–Trinajstić information content (AvgIpc) is 2.69. The first kappa shape index (κ1) is 14.5. The third-order valence-electron chi connectivity index (χ3n) is 2.11. The summed E-state index contributed by atoms with van der Waals surface area (Å²) in [6.07, 6.45) is 3.18. The van der Waals surface area contributed by atoms with Gasteiger partial charge in [0, 0.05) is 12.3 Å². The van der Waals surface area contributed by atoms with Crippen LogP contribution < -0.4 is 0 Å². The average molecular weight is 281 g/mol. The van der Waals surface area contributed by atoms with E-state index in [0.717, 1.165) is 5.75 Å². The molecule has 1 atom stereocenters. The van der Waals surface area contributed by atoms with Gasteiger partial charge in [-0.25, -0.2) is 9.63 Å². The van der Waals surface area contributed by atoms with Gasteiger partial charge in [-0.1, -0.05) is 0 Å². The number of hydrogen-bond donors (Lipinski definition) is 0. The Morgan fingerprint density at radius 1 is 1.59 bits per heavy atom. The zero-order valence-corrected chi connectivity index (χ0v) is 11.5. The van der Waals surface area contributed by atoms with Crippen LogP contribution in [0.2, 0.25) is 0 Å². The lowest BCUT2D eigenvalue weighted by atomic mass is 10.5. The number of rotatable bonds is 7. The summed E-state index contributed by atoms with van der Waals surface area (Å²) in [6, 6.07) is 0. The zero-order valence-electron chi connectivity index (χ0n) is 9.64. The van der Waals surface area contributed by atoms with Crippen molar-refractivity contribution in [2.75, 3.05) is 30.9 Å². The number of carbonyl (C=O) groups excluding carboxylic acids is 2. The number of hydroxylamine groups is 2. The standard InChI is InChI=1S/C9H16NO5PS/c1-17-7-6-16(13)5-3-9(12)15-10-8(11)2-4-14-10/h16H,2-7H2,1H3. The molecular weight excluding hydrogens is 265 g/mol. The van der Waals surface area contributed by atoms with Crippen LogP contribution >= 0.6 is 19.6 Å². The van der Waals surface area contributed by atoms with Crippen LogP contribution in [0.1, 0.15) is 12.8 Å². The summed E-state index contributed by atoms with van der Waals surface area (Å²) in [5, 5.41) is 0.613. The third kappa shape index (κ3) is 5.57. The second kappa shape index (κ2) is 7.74. The van der Waals surface area contributed by atoms with Crippen LogP contribution in [0.5, 0.6) is 0 Å². The van der Waals surface area contributed by atoms with Crippen molar-refractivity contribution in [1.82, 2.24) is 5.23 Å². The summed E-state index contributed by atoms with van der Waals surface area (Å²) in [5.74, 6) is -0.114. The van der Waals surface area contributed by atoms with Gasteiger partial charge in [-0.2, -0.15) is 11.8 Å². The fourth-order valence-corrected chi connectivity index (χ4v) is 3.64. The summed E-state index contributed by atoms with van der Waals surface area (Å²) < 4.78 is 11.5. The molecule has 1 saturated heterocycles. The maximum atomic E-state index is 11.5. The molecule has 1 rings (SSSR count). The lowest BCUT2D eigenvalue weighted by molar-refractivity contribution is -0.302. The van der Waals surface area contributed by atoms with Crippen LogP contribution in [-0.2, 0) is 23.8 Å². The summed E-state index contributed by atoms with van der Waals surface area (Å²) in [5.41, 5.74) is 0. The van der Waals surface area contributed by atoms with Crippen LogP contribution in [0.25, 0.3) is 0 Å². The minimum atomic E-state index is -1.71. The highest BCUT2D eigenvalue weighted by molar-refractivity contribution is 7.98. The van der Waals surface area contributed by atoms with Gasteiger partial charge in [-0.3, -0.25) is 4.79 Å². The van der Waals surface area contributed by atoms with E-state index in [4.69, 9.17) is 4.84 Å². The Bertz CT molecular complexity index is 312. The van der Waals surface area contributed by atoms with E-state index in [-0.39, 0.29) is 25.4 Å². The normalized spacial score (nSPS) is 17.2. The van der Waals surface area contributed by atoms with E-state index in [0.29, 0.717) is 17.6 Å². The number of carbonyl (C=O) groups is 2. The number of hydrogen-bond acceptors (Lipinski definition) is 6. The van der Waals surface area contributed by atoms with Crippen molar-refractivity contribution in [2.24, 2.45) is 0 Å². The Kier molecular flexibility index (Phi) is 6.62. The SMILES string of the molecule is CSCC[PH](=O)CCC(=O)ON1OCCC1=O. The van der Waals surface area contributed by atoms with Gasteiger partial charge in [0.15, 0.2) is 0 Å². The molecule has 0 radical (unpaired) electrons. The van der Waals surface area contributed by atoms with Crippen molar-refractivity contribution >= 4 is 31.4 Å². The largest absolute Gasteiger partial charge is 0.336 e. The molecule has 1 amide bonds. The summed E-state index contributed by atoms with van der Waals surface area (Å²) in [4.78, 5) is 31.8. The van der Waals surface area contributed by atoms with Crippen LogP contribution in [-0.4, -0.2) is 48.0 Å². The second-order valence-electron chi connectivity index (χ2n) is 3.48. The van der Waals surface area contributed by atoms with Crippen molar-refractivity contribution in [3.63, 3.8) is 0 Å². The van der Waals surface area contributed by atoms with Crippen LogP contribution in [0.4, 0.5) is 0 Å². The second-order valence-corrected chi connectivity index (χ2v) is 6.54. The monoisotopic (exact) mass is 281 g/mol. The highest BCUT2D eigenvalue weighted by atomic mass is 32.2. The first-order valence-electron chi connectivity index (χ1n) is 5.31. The fourth-order valence-electron chi connectivity index (χ4n) is 1.18. The van der Waals surface area contributed by atoms with Crippen molar-refractivity contribution in [3.05, 3.63) is 0 Å². The molecule has 0 aromatic rings. The van der Waals surface area contributed by atoms with Gasteiger partial charge in [-0.05, 0) is 17.2 Å². The van der Waals surface area contributed by atoms with Crippen molar-refractivity contribution in [1.29, 1.82) is 0 Å². The lowest BCUT2D eigenvalue weighted by Crippen LogP contribution is -2.27. The minimum Gasteiger partial charge on any atom is -0.327 e. The fraction of sp³-hybridized carbons (Fsp3) is 0.778. The molecule has 0 aromatic heterocycles. The molecule has 0 spiro atoms. The van der Waals surface area contributed by atoms with Gasteiger partial charge in [0.2, 0.25) is 0 Å². The van der Waals surface area contributed by atoms with Gasteiger partial charge in [-0.15, -0.1) is 0 Å². The number of thioether (sulfide) groups is 1. The molecule has 1 unspecified atom stereocenters. The minimum absolute atomic E-state index is 0.0549. The molecule has 0 bridgehead atoms. The molecule has 6 nitrogen and oxygen atoms in total. The van der Waals surface area contributed by atoms with Crippen LogP contribution in [0.3, 0.4) is 0 Å². The number of nitrogens with zero attached hydrogens (tertiary/aromatic N) is 1. The molecule has 1 aliphatic heterocycles. The molecule has 0 N–H and O–H groups in total. The first-order chi connectivity index (χ1) is 8.13. The Morgan fingerprint density at radius 3 is 2.94 bits per heavy atom. The molecule has 1 aliphatic rings. The highest BCUT2D eigenvalue weighted by Crippen LogP contribution is 2.22. The summed E-state index contributed by atoms with van der Waals surface area (Å²) in [6.45, 7) is 0.233. The molecule has 8 heteroatoms. The molecule has 17 heavy (non-hydrogen) atoms. The van der Waals surface area contributed by atoms with Crippen molar-refractivity contribution < 1.29 is 23.8 Å². The molecule has 1 fully saturated rings. The van der Waals surface area contributed by atoms with Crippen molar-refractivity contribution in [2.45, 2.75) is 12.8 Å². The molecule has 1 heterocycles. The molecular formula is C9H16NO5PS. The summed E-state index contributed by atoms with van der Waals surface area (Å²) in [7, 11) is -1.71. The molecule has 0 saturated carbocycles. The van der Waals surface area contributed by atoms with E-state index in [9.17, 15) is 14.2 Å². The predicted molar refractivity (Wildman–Crippen MR) is 65.2 cm³/mol. The Balaban J connectivity index is 2.16. The quantitative estimate of drug-likeness (QED) is 0.646. The Labute approximate surface area is 105 Å². The van der Waals surface area contributed by atoms with E-state index in [1.165, 1.54) is 0 Å². The van der Waals surface area contributed by atoms with E-state index in [1.807, 2.05) is 6.26 Å². The van der Waals surface area contributed by atoms with Crippen molar-refractivity contribution in [3.8, 4) is 0 Å². The van der Waals surface area contributed by atoms with E-state index >= 15 is 0 Å². The lowest BCUT2D eigenvalue weighted by Gasteiger charge is -2.12. The third-order valence-corrected chi connectivity index (χ3v) is 4.70. The molecule has 98 valence electrons. The topological polar surface area (TPSA) is 72.9 Å². The van der Waals surface area contributed by atoms with E-state index < -0.39 is 13.8 Å². The smallest absolute Gasteiger partial charge is 0.327 e. The van der Waals surface area contributed by atoms with E-state index in [1.54, 1.807) is 11.8 Å². The number of amides is 1. The maximum Gasteiger partial charge on any atom is 0.336 e. The highest BCUT2D eigenvalue weighted by Gasteiger charge is 2.25. The van der Waals surface area contributed by atoms with Gasteiger partial charge >= 0.3 is 5.97 Å². The zero-order chi connectivity index (χ0) is 12.7.